The molecule has 0 bridgehead atoms. The van der Waals surface area contributed by atoms with E-state index in [9.17, 15) is 8.42 Å². The Morgan fingerprint density at radius 2 is 1.95 bits per heavy atom. The van der Waals surface area contributed by atoms with Crippen molar-refractivity contribution in [1.82, 2.24) is 0 Å². The third kappa shape index (κ3) is 6.32. The van der Waals surface area contributed by atoms with Gasteiger partial charge in [0.2, 0.25) is 0 Å². The maximum absolute atomic E-state index is 11.7. The van der Waals surface area contributed by atoms with Crippen molar-refractivity contribution in [2.24, 2.45) is 0 Å². The van der Waals surface area contributed by atoms with E-state index in [-0.39, 0.29) is 0 Å². The predicted molar refractivity (Wildman–Crippen MR) is 92.4 cm³/mol. The molecule has 122 valence electrons. The van der Waals surface area contributed by atoms with Gasteiger partial charge in [0.05, 0.1) is 22.9 Å². The van der Waals surface area contributed by atoms with Gasteiger partial charge in [-0.2, -0.15) is 0 Å². The minimum Gasteiger partial charge on any atom is -0.383 e. The highest BCUT2D eigenvalue weighted by molar-refractivity contribution is 7.90. The number of nitrogens with one attached hydrogen (secondary N) is 2. The van der Waals surface area contributed by atoms with Crippen LogP contribution in [0.4, 0.5) is 11.4 Å². The number of sulfone groups is 1. The van der Waals surface area contributed by atoms with E-state index in [1.54, 1.807) is 31.4 Å². The Morgan fingerprint density at radius 1 is 1.23 bits per heavy atom. The normalized spacial score (nSPS) is 11.5. The lowest BCUT2D eigenvalue weighted by Crippen LogP contribution is -2.11. The fourth-order valence-electron chi connectivity index (χ4n) is 1.82. The first-order valence-electron chi connectivity index (χ1n) is 7.07. The summed E-state index contributed by atoms with van der Waals surface area (Å²) >= 11 is 0. The van der Waals surface area contributed by atoms with E-state index in [1.807, 2.05) is 12.2 Å². The zero-order valence-corrected chi connectivity index (χ0v) is 13.9. The number of ether oxygens (including phenoxy) is 1. The van der Waals surface area contributed by atoms with Crippen LogP contribution in [0.25, 0.3) is 0 Å². The summed E-state index contributed by atoms with van der Waals surface area (Å²) in [5.74, 6) is 0. The van der Waals surface area contributed by atoms with Crippen molar-refractivity contribution in [2.75, 3.05) is 43.7 Å². The van der Waals surface area contributed by atoms with E-state index in [4.69, 9.17) is 4.74 Å². The van der Waals surface area contributed by atoms with Gasteiger partial charge in [0.15, 0.2) is 9.84 Å². The van der Waals surface area contributed by atoms with Gasteiger partial charge in [0.25, 0.3) is 0 Å². The van der Waals surface area contributed by atoms with Crippen molar-refractivity contribution in [1.29, 1.82) is 0 Å². The van der Waals surface area contributed by atoms with Gasteiger partial charge in [-0.1, -0.05) is 24.8 Å². The molecule has 0 atom stereocenters. The first-order valence-corrected chi connectivity index (χ1v) is 8.96. The maximum Gasteiger partial charge on any atom is 0.175 e. The zero-order valence-electron chi connectivity index (χ0n) is 13.1. The topological polar surface area (TPSA) is 67.4 Å². The molecule has 5 nitrogen and oxygen atoms in total. The van der Waals surface area contributed by atoms with Crippen molar-refractivity contribution in [3.8, 4) is 0 Å². The molecule has 0 spiro atoms. The zero-order chi connectivity index (χ0) is 16.4. The average molecular weight is 324 g/mol. The summed E-state index contributed by atoms with van der Waals surface area (Å²) in [5.41, 5.74) is 1.63. The molecule has 0 fully saturated rings. The van der Waals surface area contributed by atoms with Crippen LogP contribution in [-0.2, 0) is 14.6 Å². The second-order valence-electron chi connectivity index (χ2n) is 4.78. The second-order valence-corrected chi connectivity index (χ2v) is 6.79. The van der Waals surface area contributed by atoms with E-state index in [0.29, 0.717) is 24.6 Å². The fraction of sp³-hybridized carbons (Fsp3) is 0.375. The summed E-state index contributed by atoms with van der Waals surface area (Å²) in [7, 11) is -1.59. The summed E-state index contributed by atoms with van der Waals surface area (Å²) in [5, 5.41) is 6.49. The van der Waals surface area contributed by atoms with E-state index in [1.165, 1.54) is 6.26 Å². The summed E-state index contributed by atoms with van der Waals surface area (Å²) in [4.78, 5) is 0.300. The molecular formula is C16H24N2O3S. The Bertz CT molecular complexity index is 610. The minimum atomic E-state index is -3.23. The summed E-state index contributed by atoms with van der Waals surface area (Å²) in [6.45, 7) is 5.55. The summed E-state index contributed by atoms with van der Waals surface area (Å²) in [6, 6.07) is 5.03. The van der Waals surface area contributed by atoms with Crippen LogP contribution in [0.3, 0.4) is 0 Å². The SMILES string of the molecule is C=C/C=C/CCNc1cc(S(C)(=O)=O)ccc1NCCOC. The molecule has 0 aromatic heterocycles. The van der Waals surface area contributed by atoms with Crippen LogP contribution < -0.4 is 10.6 Å². The highest BCUT2D eigenvalue weighted by Crippen LogP contribution is 2.25. The smallest absolute Gasteiger partial charge is 0.175 e. The Labute approximate surface area is 133 Å². The molecule has 0 saturated carbocycles. The van der Waals surface area contributed by atoms with Gasteiger partial charge in [-0.05, 0) is 24.6 Å². The molecule has 0 aliphatic carbocycles. The van der Waals surface area contributed by atoms with E-state index in [2.05, 4.69) is 17.2 Å². The molecule has 1 aromatic rings. The van der Waals surface area contributed by atoms with Crippen LogP contribution in [0.1, 0.15) is 6.42 Å². The Hall–Kier alpha value is -1.79. The molecule has 0 amide bonds. The van der Waals surface area contributed by atoms with Crippen LogP contribution >= 0.6 is 0 Å². The highest BCUT2D eigenvalue weighted by atomic mass is 32.2. The summed E-state index contributed by atoms with van der Waals surface area (Å²) in [6.07, 6.45) is 7.64. The van der Waals surface area contributed by atoms with Gasteiger partial charge in [-0.15, -0.1) is 0 Å². The number of hydrogen-bond acceptors (Lipinski definition) is 5. The maximum atomic E-state index is 11.7. The molecule has 0 unspecified atom stereocenters. The first kappa shape index (κ1) is 18.3. The van der Waals surface area contributed by atoms with Crippen molar-refractivity contribution in [3.63, 3.8) is 0 Å². The molecule has 0 saturated heterocycles. The van der Waals surface area contributed by atoms with Gasteiger partial charge in [0.1, 0.15) is 0 Å². The quantitative estimate of drug-likeness (QED) is 0.512. The Morgan fingerprint density at radius 3 is 2.59 bits per heavy atom. The molecule has 6 heteroatoms. The monoisotopic (exact) mass is 324 g/mol. The van der Waals surface area contributed by atoms with Crippen LogP contribution in [-0.4, -0.2) is 41.5 Å². The number of hydrogen-bond donors (Lipinski definition) is 2. The predicted octanol–water partition coefficient (Wildman–Crippen LogP) is 2.69. The molecule has 1 aromatic carbocycles. The lowest BCUT2D eigenvalue weighted by Gasteiger charge is -2.14. The molecule has 0 radical (unpaired) electrons. The first-order chi connectivity index (χ1) is 10.5. The molecule has 0 heterocycles. The van der Waals surface area contributed by atoms with Crippen LogP contribution in [0.2, 0.25) is 0 Å². The molecule has 2 N–H and O–H groups in total. The third-order valence-electron chi connectivity index (χ3n) is 2.94. The second kappa shape index (κ2) is 9.27. The Kier molecular flexibility index (Phi) is 7.70. The van der Waals surface area contributed by atoms with Gasteiger partial charge >= 0.3 is 0 Å². The van der Waals surface area contributed by atoms with Crippen molar-refractivity contribution < 1.29 is 13.2 Å². The van der Waals surface area contributed by atoms with Gasteiger partial charge in [0, 0.05) is 26.5 Å². The van der Waals surface area contributed by atoms with Crippen molar-refractivity contribution in [3.05, 3.63) is 43.0 Å². The molecule has 1 rings (SSSR count). The van der Waals surface area contributed by atoms with E-state index in [0.717, 1.165) is 17.8 Å². The van der Waals surface area contributed by atoms with Gasteiger partial charge < -0.3 is 15.4 Å². The number of benzene rings is 1. The fourth-order valence-corrected chi connectivity index (χ4v) is 2.47. The molecule has 22 heavy (non-hydrogen) atoms. The number of methoxy groups -OCH3 is 1. The van der Waals surface area contributed by atoms with Crippen molar-refractivity contribution in [2.45, 2.75) is 11.3 Å². The number of rotatable bonds is 10. The Balaban J connectivity index is 2.85. The van der Waals surface area contributed by atoms with Gasteiger partial charge in [-0.25, -0.2) is 8.42 Å². The number of allylic oxidation sites excluding steroid dienone is 2. The third-order valence-corrected chi connectivity index (χ3v) is 4.05. The standard InChI is InChI=1S/C16H24N2O3S/c1-4-5-6-7-10-17-16-13-14(22(3,19)20)8-9-15(16)18-11-12-21-2/h4-6,8-9,13,17-18H,1,7,10-12H2,2-3H3/b6-5+. The minimum absolute atomic E-state index is 0.300. The van der Waals surface area contributed by atoms with E-state index < -0.39 is 9.84 Å². The van der Waals surface area contributed by atoms with Crippen molar-refractivity contribution >= 4 is 21.2 Å². The molecule has 0 aliphatic rings. The van der Waals surface area contributed by atoms with Gasteiger partial charge in [-0.3, -0.25) is 0 Å². The van der Waals surface area contributed by atoms with Crippen LogP contribution in [0.15, 0.2) is 47.9 Å². The molecular weight excluding hydrogens is 300 g/mol. The van der Waals surface area contributed by atoms with E-state index >= 15 is 0 Å². The molecule has 0 aliphatic heterocycles. The summed E-state index contributed by atoms with van der Waals surface area (Å²) < 4.78 is 28.4. The van der Waals surface area contributed by atoms with Crippen LogP contribution in [0.5, 0.6) is 0 Å². The largest absolute Gasteiger partial charge is 0.383 e. The number of anilines is 2. The lowest BCUT2D eigenvalue weighted by atomic mass is 10.2. The van der Waals surface area contributed by atoms with Crippen LogP contribution in [0, 0.1) is 0 Å². The average Bonchev–Trinajstić information content (AvgIpc) is 2.47. The highest BCUT2D eigenvalue weighted by Gasteiger charge is 2.10. The lowest BCUT2D eigenvalue weighted by molar-refractivity contribution is 0.211.